The number of carbonyl (C=O) groups is 1. The van der Waals surface area contributed by atoms with E-state index < -0.39 is 0 Å². The Morgan fingerprint density at radius 3 is 2.88 bits per heavy atom. The number of hydrogen-bond acceptors (Lipinski definition) is 6. The van der Waals surface area contributed by atoms with Crippen molar-refractivity contribution in [3.05, 3.63) is 36.2 Å². The summed E-state index contributed by atoms with van der Waals surface area (Å²) in [5.41, 5.74) is 0. The second-order valence-corrected chi connectivity index (χ2v) is 7.63. The van der Waals surface area contributed by atoms with E-state index in [1.54, 1.807) is 0 Å². The van der Waals surface area contributed by atoms with Gasteiger partial charge in [0.1, 0.15) is 5.75 Å². The first-order valence-electron chi connectivity index (χ1n) is 8.68. The lowest BCUT2D eigenvalue weighted by atomic mass is 9.95. The number of carbonyl (C=O) groups excluding carboxylic acids is 1. The zero-order valence-electron chi connectivity index (χ0n) is 13.9. The number of aromatic nitrogens is 2. The summed E-state index contributed by atoms with van der Waals surface area (Å²) in [7, 11) is 0. The van der Waals surface area contributed by atoms with Gasteiger partial charge in [-0.1, -0.05) is 36.4 Å². The predicted molar refractivity (Wildman–Crippen MR) is 93.2 cm³/mol. The first kappa shape index (κ1) is 16.4. The summed E-state index contributed by atoms with van der Waals surface area (Å²) in [5, 5.41) is 11.5. The SMILES string of the molecule is O=C(CSc1nnc(COc2ccccc2)o1)N[C@@H]1C[C@H]2CC[C@@H]1C2. The van der Waals surface area contributed by atoms with Gasteiger partial charge in [-0.05, 0) is 43.2 Å². The number of ether oxygens (including phenoxy) is 1. The van der Waals surface area contributed by atoms with E-state index >= 15 is 0 Å². The fraction of sp³-hybridized carbons (Fsp3) is 0.500. The molecule has 1 heterocycles. The molecular weight excluding hydrogens is 338 g/mol. The van der Waals surface area contributed by atoms with Crippen LogP contribution in [0.1, 0.15) is 31.6 Å². The molecule has 3 atom stereocenters. The maximum Gasteiger partial charge on any atom is 0.277 e. The fourth-order valence-electron chi connectivity index (χ4n) is 3.81. The van der Waals surface area contributed by atoms with Crippen molar-refractivity contribution in [1.82, 2.24) is 15.5 Å². The molecule has 25 heavy (non-hydrogen) atoms. The van der Waals surface area contributed by atoms with E-state index in [2.05, 4.69) is 15.5 Å². The molecule has 1 amide bonds. The lowest BCUT2D eigenvalue weighted by Crippen LogP contribution is -2.39. The van der Waals surface area contributed by atoms with E-state index in [0.29, 0.717) is 28.8 Å². The third kappa shape index (κ3) is 4.15. The van der Waals surface area contributed by atoms with E-state index in [0.717, 1.165) is 18.1 Å². The number of para-hydroxylation sites is 1. The summed E-state index contributed by atoms with van der Waals surface area (Å²) in [4.78, 5) is 12.1. The van der Waals surface area contributed by atoms with Crippen LogP contribution in [-0.2, 0) is 11.4 Å². The standard InChI is InChI=1S/C18H21N3O3S/c22-16(19-15-9-12-6-7-13(15)8-12)11-25-18-21-20-17(24-18)10-23-14-4-2-1-3-5-14/h1-5,12-13,15H,6-11H2,(H,19,22)/t12-,13+,15+/m0/s1. The molecule has 2 fully saturated rings. The molecule has 2 bridgehead atoms. The highest BCUT2D eigenvalue weighted by molar-refractivity contribution is 7.99. The van der Waals surface area contributed by atoms with Gasteiger partial charge in [-0.2, -0.15) is 0 Å². The Morgan fingerprint density at radius 2 is 2.12 bits per heavy atom. The Bertz CT molecular complexity index is 721. The molecule has 1 N–H and O–H groups in total. The quantitative estimate of drug-likeness (QED) is 0.766. The van der Waals surface area contributed by atoms with Crippen molar-refractivity contribution in [3.8, 4) is 5.75 Å². The zero-order chi connectivity index (χ0) is 17.1. The van der Waals surface area contributed by atoms with Crippen LogP contribution in [0.25, 0.3) is 0 Å². The van der Waals surface area contributed by atoms with E-state index in [9.17, 15) is 4.79 Å². The van der Waals surface area contributed by atoms with Crippen molar-refractivity contribution in [2.24, 2.45) is 11.8 Å². The van der Waals surface area contributed by atoms with Gasteiger partial charge in [-0.15, -0.1) is 10.2 Å². The van der Waals surface area contributed by atoms with Gasteiger partial charge in [-0.3, -0.25) is 4.79 Å². The van der Waals surface area contributed by atoms with Crippen molar-refractivity contribution in [1.29, 1.82) is 0 Å². The number of benzene rings is 1. The van der Waals surface area contributed by atoms with E-state index in [1.165, 1.54) is 31.0 Å². The molecular formula is C18H21N3O3S. The van der Waals surface area contributed by atoms with Gasteiger partial charge in [0, 0.05) is 6.04 Å². The Labute approximate surface area is 150 Å². The van der Waals surface area contributed by atoms with Gasteiger partial charge < -0.3 is 14.5 Å². The molecule has 0 saturated heterocycles. The average Bonchev–Trinajstić information content (AvgIpc) is 3.36. The first-order valence-corrected chi connectivity index (χ1v) is 9.67. The van der Waals surface area contributed by atoms with Gasteiger partial charge >= 0.3 is 0 Å². The van der Waals surface area contributed by atoms with E-state index in [-0.39, 0.29) is 12.5 Å². The number of nitrogens with one attached hydrogen (secondary N) is 1. The molecule has 0 aliphatic heterocycles. The monoisotopic (exact) mass is 359 g/mol. The molecule has 0 spiro atoms. The normalized spacial score (nSPS) is 24.4. The minimum Gasteiger partial charge on any atom is -0.484 e. The highest BCUT2D eigenvalue weighted by atomic mass is 32.2. The van der Waals surface area contributed by atoms with Crippen LogP contribution in [0.2, 0.25) is 0 Å². The zero-order valence-corrected chi connectivity index (χ0v) is 14.7. The smallest absolute Gasteiger partial charge is 0.277 e. The molecule has 1 aromatic carbocycles. The van der Waals surface area contributed by atoms with Crippen LogP contribution in [0.4, 0.5) is 0 Å². The molecule has 6 nitrogen and oxygen atoms in total. The maximum absolute atomic E-state index is 12.1. The van der Waals surface area contributed by atoms with Gasteiger partial charge in [0.2, 0.25) is 5.91 Å². The van der Waals surface area contributed by atoms with Gasteiger partial charge in [0.25, 0.3) is 11.1 Å². The maximum atomic E-state index is 12.1. The summed E-state index contributed by atoms with van der Waals surface area (Å²) in [6.07, 6.45) is 5.02. The first-order chi connectivity index (χ1) is 12.3. The Morgan fingerprint density at radius 1 is 1.24 bits per heavy atom. The molecule has 132 valence electrons. The number of amides is 1. The lowest BCUT2D eigenvalue weighted by molar-refractivity contribution is -0.119. The van der Waals surface area contributed by atoms with Crippen LogP contribution in [0, 0.1) is 11.8 Å². The Hall–Kier alpha value is -2.02. The highest BCUT2D eigenvalue weighted by Gasteiger charge is 2.40. The third-order valence-corrected chi connectivity index (χ3v) is 5.78. The van der Waals surface area contributed by atoms with Crippen LogP contribution in [-0.4, -0.2) is 27.9 Å². The predicted octanol–water partition coefficient (Wildman–Crippen LogP) is 3.05. The molecule has 7 heteroatoms. The lowest BCUT2D eigenvalue weighted by Gasteiger charge is -2.22. The van der Waals surface area contributed by atoms with Crippen molar-refractivity contribution in [2.45, 2.75) is 43.6 Å². The second kappa shape index (κ2) is 7.47. The number of fused-ring (bicyclic) bond motifs is 2. The van der Waals surface area contributed by atoms with Crippen LogP contribution in [0.5, 0.6) is 5.75 Å². The Balaban J connectivity index is 1.21. The topological polar surface area (TPSA) is 77.2 Å². The summed E-state index contributed by atoms with van der Waals surface area (Å²) >= 11 is 1.27. The molecule has 0 unspecified atom stereocenters. The van der Waals surface area contributed by atoms with Crippen LogP contribution in [0.15, 0.2) is 40.0 Å². The molecule has 0 radical (unpaired) electrons. The largest absolute Gasteiger partial charge is 0.484 e. The minimum atomic E-state index is 0.0443. The summed E-state index contributed by atoms with van der Waals surface area (Å²) < 4.78 is 11.1. The third-order valence-electron chi connectivity index (χ3n) is 4.97. The number of thioether (sulfide) groups is 1. The van der Waals surface area contributed by atoms with Gasteiger partial charge in [0.05, 0.1) is 5.75 Å². The second-order valence-electron chi connectivity index (χ2n) is 6.70. The molecule has 4 rings (SSSR count). The average molecular weight is 359 g/mol. The van der Waals surface area contributed by atoms with Crippen molar-refractivity contribution >= 4 is 17.7 Å². The molecule has 2 aliphatic carbocycles. The Kier molecular flexibility index (Phi) is 4.92. The summed E-state index contributed by atoms with van der Waals surface area (Å²) in [6.45, 7) is 0.217. The molecule has 2 aliphatic rings. The summed E-state index contributed by atoms with van der Waals surface area (Å²) in [6, 6.07) is 9.83. The molecule has 2 aromatic rings. The number of rotatable bonds is 7. The van der Waals surface area contributed by atoms with Crippen molar-refractivity contribution < 1.29 is 13.9 Å². The molecule has 1 aromatic heterocycles. The van der Waals surface area contributed by atoms with Crippen LogP contribution in [0.3, 0.4) is 0 Å². The summed E-state index contributed by atoms with van der Waals surface area (Å²) in [5.74, 6) is 3.01. The molecule has 2 saturated carbocycles. The van der Waals surface area contributed by atoms with Gasteiger partial charge in [-0.25, -0.2) is 0 Å². The van der Waals surface area contributed by atoms with E-state index in [4.69, 9.17) is 9.15 Å². The minimum absolute atomic E-state index is 0.0443. The van der Waals surface area contributed by atoms with Gasteiger partial charge in [0.15, 0.2) is 6.61 Å². The van der Waals surface area contributed by atoms with Crippen LogP contribution < -0.4 is 10.1 Å². The highest BCUT2D eigenvalue weighted by Crippen LogP contribution is 2.44. The van der Waals surface area contributed by atoms with E-state index in [1.807, 2.05) is 30.3 Å². The van der Waals surface area contributed by atoms with Crippen molar-refractivity contribution in [3.63, 3.8) is 0 Å². The van der Waals surface area contributed by atoms with Crippen molar-refractivity contribution in [2.75, 3.05) is 5.75 Å². The fourth-order valence-corrected chi connectivity index (χ4v) is 4.41. The number of hydrogen-bond donors (Lipinski definition) is 1. The van der Waals surface area contributed by atoms with Crippen LogP contribution >= 0.6 is 11.8 Å². The number of nitrogens with zero attached hydrogens (tertiary/aromatic N) is 2.